The van der Waals surface area contributed by atoms with E-state index in [1.165, 1.54) is 38.1 Å². The van der Waals surface area contributed by atoms with E-state index in [0.717, 1.165) is 13.1 Å². The fraction of sp³-hybridized carbons (Fsp3) is 0.929. The topological polar surface area (TPSA) is 30.4 Å². The van der Waals surface area contributed by atoms with Crippen LogP contribution in [0.1, 0.15) is 53.4 Å². The van der Waals surface area contributed by atoms with Crippen LogP contribution in [-0.4, -0.2) is 37.6 Å². The average molecular weight is 241 g/mol. The second-order valence-electron chi connectivity index (χ2n) is 5.78. The fourth-order valence-electron chi connectivity index (χ4n) is 2.68. The summed E-state index contributed by atoms with van der Waals surface area (Å²) >= 11 is 0. The highest BCUT2D eigenvalue weighted by Crippen LogP contribution is 1.98. The lowest BCUT2D eigenvalue weighted by atomic mass is 10.2. The van der Waals surface area contributed by atoms with Gasteiger partial charge in [-0.3, -0.25) is 10.3 Å². The summed E-state index contributed by atoms with van der Waals surface area (Å²) in [6.07, 6.45) is 5.23. The van der Waals surface area contributed by atoms with E-state index in [-0.39, 0.29) is 0 Å². The Balaban J connectivity index is 2.27. The van der Waals surface area contributed by atoms with Crippen LogP contribution in [-0.2, 0) is 0 Å². The van der Waals surface area contributed by atoms with Crippen LogP contribution < -0.4 is 15.2 Å². The molecule has 1 heterocycles. The van der Waals surface area contributed by atoms with Crippen molar-refractivity contribution < 1.29 is 9.89 Å². The van der Waals surface area contributed by atoms with Crippen LogP contribution in [0.4, 0.5) is 0 Å². The summed E-state index contributed by atoms with van der Waals surface area (Å²) in [6, 6.07) is 1.42. The van der Waals surface area contributed by atoms with Gasteiger partial charge in [0.15, 0.2) is 0 Å². The SMILES string of the molecule is CC(C)[NH+](CCNC1=[NH+]CCCCC1)C(C)C. The Morgan fingerprint density at radius 1 is 1.12 bits per heavy atom. The van der Waals surface area contributed by atoms with Crippen molar-refractivity contribution in [2.45, 2.75) is 65.5 Å². The molecule has 3 nitrogen and oxygen atoms in total. The molecule has 0 radical (unpaired) electrons. The van der Waals surface area contributed by atoms with Crippen molar-refractivity contribution in [3.05, 3.63) is 0 Å². The standard InChI is InChI=1S/C14H29N3/c1-12(2)17(13(3)4)11-10-16-14-8-6-5-7-9-15-14/h12-13H,5-11H2,1-4H3,(H,15,16)/p+2. The second-order valence-corrected chi connectivity index (χ2v) is 5.78. The van der Waals surface area contributed by atoms with Gasteiger partial charge in [-0.05, 0) is 47.0 Å². The van der Waals surface area contributed by atoms with Gasteiger partial charge in [0.05, 0.1) is 18.6 Å². The van der Waals surface area contributed by atoms with Gasteiger partial charge < -0.3 is 4.90 Å². The van der Waals surface area contributed by atoms with Crippen LogP contribution >= 0.6 is 0 Å². The largest absolute Gasteiger partial charge is 0.328 e. The Morgan fingerprint density at radius 2 is 1.82 bits per heavy atom. The van der Waals surface area contributed by atoms with E-state index in [2.05, 4.69) is 38.0 Å². The van der Waals surface area contributed by atoms with Crippen molar-refractivity contribution in [2.75, 3.05) is 19.6 Å². The molecule has 1 rings (SSSR count). The molecule has 0 bridgehead atoms. The first-order chi connectivity index (χ1) is 8.11. The van der Waals surface area contributed by atoms with Gasteiger partial charge >= 0.3 is 0 Å². The van der Waals surface area contributed by atoms with Crippen LogP contribution in [0, 0.1) is 0 Å². The summed E-state index contributed by atoms with van der Waals surface area (Å²) in [5.74, 6) is 1.37. The molecule has 17 heavy (non-hydrogen) atoms. The normalized spacial score (nSPS) is 17.5. The highest BCUT2D eigenvalue weighted by Gasteiger charge is 2.18. The lowest BCUT2D eigenvalue weighted by Crippen LogP contribution is -3.18. The fourth-order valence-corrected chi connectivity index (χ4v) is 2.68. The smallest absolute Gasteiger partial charge is 0.242 e. The first-order valence-corrected chi connectivity index (χ1v) is 7.30. The van der Waals surface area contributed by atoms with Gasteiger partial charge in [-0.25, -0.2) is 0 Å². The number of quaternary nitrogens is 1. The zero-order valence-electron chi connectivity index (χ0n) is 12.1. The van der Waals surface area contributed by atoms with Crippen LogP contribution in [0.15, 0.2) is 0 Å². The Kier molecular flexibility index (Phi) is 6.56. The highest BCUT2D eigenvalue weighted by atomic mass is 15.2. The van der Waals surface area contributed by atoms with Gasteiger partial charge in [-0.2, -0.15) is 0 Å². The van der Waals surface area contributed by atoms with Gasteiger partial charge in [0.25, 0.3) is 0 Å². The third kappa shape index (κ3) is 5.53. The Labute approximate surface area is 107 Å². The van der Waals surface area contributed by atoms with Crippen LogP contribution in [0.25, 0.3) is 0 Å². The lowest BCUT2D eigenvalue weighted by Gasteiger charge is -2.26. The minimum Gasteiger partial charge on any atom is -0.328 e. The van der Waals surface area contributed by atoms with Gasteiger partial charge in [0.1, 0.15) is 13.1 Å². The van der Waals surface area contributed by atoms with Crippen molar-refractivity contribution >= 4 is 5.84 Å². The number of rotatable bonds is 5. The predicted molar refractivity (Wildman–Crippen MR) is 73.4 cm³/mol. The third-order valence-electron chi connectivity index (χ3n) is 3.68. The zero-order valence-corrected chi connectivity index (χ0v) is 12.1. The molecular weight excluding hydrogens is 210 g/mol. The van der Waals surface area contributed by atoms with Crippen LogP contribution in [0.2, 0.25) is 0 Å². The molecular formula is C14H31N3+2. The van der Waals surface area contributed by atoms with Crippen molar-refractivity contribution in [2.24, 2.45) is 0 Å². The summed E-state index contributed by atoms with van der Waals surface area (Å²) in [7, 11) is 0. The van der Waals surface area contributed by atoms with E-state index in [1.807, 2.05) is 0 Å². The van der Waals surface area contributed by atoms with Crippen molar-refractivity contribution in [1.29, 1.82) is 0 Å². The number of hydrogen-bond acceptors (Lipinski definition) is 1. The molecule has 0 amide bonds. The summed E-state index contributed by atoms with van der Waals surface area (Å²) in [4.78, 5) is 5.20. The van der Waals surface area contributed by atoms with E-state index >= 15 is 0 Å². The molecule has 0 saturated carbocycles. The van der Waals surface area contributed by atoms with E-state index in [0.29, 0.717) is 12.1 Å². The molecule has 0 aromatic heterocycles. The van der Waals surface area contributed by atoms with Crippen molar-refractivity contribution in [3.8, 4) is 0 Å². The molecule has 0 fully saturated rings. The van der Waals surface area contributed by atoms with E-state index in [9.17, 15) is 0 Å². The molecule has 0 unspecified atom stereocenters. The molecule has 100 valence electrons. The first kappa shape index (κ1) is 14.5. The average Bonchev–Trinajstić information content (AvgIpc) is 2.51. The maximum atomic E-state index is 3.59. The van der Waals surface area contributed by atoms with Gasteiger partial charge in [0.2, 0.25) is 5.84 Å². The zero-order chi connectivity index (χ0) is 12.7. The van der Waals surface area contributed by atoms with E-state index < -0.39 is 0 Å². The second kappa shape index (κ2) is 7.70. The molecule has 0 aliphatic carbocycles. The quantitative estimate of drug-likeness (QED) is 0.586. The van der Waals surface area contributed by atoms with Crippen LogP contribution in [0.5, 0.6) is 0 Å². The van der Waals surface area contributed by atoms with E-state index in [1.54, 1.807) is 4.90 Å². The van der Waals surface area contributed by atoms with Gasteiger partial charge in [-0.15, -0.1) is 0 Å². The molecule has 3 heteroatoms. The predicted octanol–water partition coefficient (Wildman–Crippen LogP) is -0.669. The summed E-state index contributed by atoms with van der Waals surface area (Å²) in [5.41, 5.74) is 0. The minimum atomic E-state index is 0.712. The number of nitrogens with one attached hydrogen (secondary N) is 3. The molecule has 0 atom stereocenters. The maximum absolute atomic E-state index is 3.59. The van der Waals surface area contributed by atoms with Crippen molar-refractivity contribution in [3.63, 3.8) is 0 Å². The summed E-state index contributed by atoms with van der Waals surface area (Å²) in [6.45, 7) is 12.7. The molecule has 0 spiro atoms. The molecule has 1 aliphatic rings. The van der Waals surface area contributed by atoms with Crippen molar-refractivity contribution in [1.82, 2.24) is 5.32 Å². The minimum absolute atomic E-state index is 0.712. The molecule has 0 aromatic carbocycles. The molecule has 1 aliphatic heterocycles. The Bertz CT molecular complexity index is 226. The highest BCUT2D eigenvalue weighted by molar-refractivity contribution is 5.76. The molecule has 0 aromatic rings. The third-order valence-corrected chi connectivity index (χ3v) is 3.68. The van der Waals surface area contributed by atoms with E-state index in [4.69, 9.17) is 0 Å². The number of hydrogen-bond donors (Lipinski definition) is 3. The number of amidine groups is 1. The Morgan fingerprint density at radius 3 is 2.47 bits per heavy atom. The monoisotopic (exact) mass is 241 g/mol. The lowest BCUT2D eigenvalue weighted by molar-refractivity contribution is -0.941. The molecule has 3 N–H and O–H groups in total. The molecule has 0 saturated heterocycles. The van der Waals surface area contributed by atoms with Gasteiger partial charge in [-0.1, -0.05) is 0 Å². The van der Waals surface area contributed by atoms with Gasteiger partial charge in [0, 0.05) is 6.42 Å². The summed E-state index contributed by atoms with van der Waals surface area (Å²) < 4.78 is 0. The Hall–Kier alpha value is -0.570. The van der Waals surface area contributed by atoms with Crippen LogP contribution in [0.3, 0.4) is 0 Å². The first-order valence-electron chi connectivity index (χ1n) is 7.30. The summed E-state index contributed by atoms with van der Waals surface area (Å²) in [5, 5.41) is 3.59. The maximum Gasteiger partial charge on any atom is 0.242 e.